The van der Waals surface area contributed by atoms with E-state index >= 15 is 0 Å². The molecule has 1 amide bonds. The zero-order chi connectivity index (χ0) is 14.9. The first kappa shape index (κ1) is 14.8. The number of carbonyl (C=O) groups excluding carboxylic acids is 1. The van der Waals surface area contributed by atoms with E-state index in [2.05, 4.69) is 16.0 Å². The largest absolute Gasteiger partial charge is 0.444 e. The maximum Gasteiger partial charge on any atom is 0.410 e. The Morgan fingerprint density at radius 2 is 2.05 bits per heavy atom. The van der Waals surface area contributed by atoms with E-state index in [4.69, 9.17) is 4.74 Å². The van der Waals surface area contributed by atoms with Crippen LogP contribution in [0.15, 0.2) is 12.1 Å². The van der Waals surface area contributed by atoms with Crippen molar-refractivity contribution < 1.29 is 9.53 Å². The Bertz CT molecular complexity index is 506. The fraction of sp³-hybridized carbons (Fsp3) is 0.600. The molecule has 1 aliphatic rings. The molecule has 0 radical (unpaired) electrons. The van der Waals surface area contributed by atoms with Gasteiger partial charge in [0.15, 0.2) is 0 Å². The zero-order valence-corrected chi connectivity index (χ0v) is 12.9. The molecule has 1 aromatic heterocycles. The minimum Gasteiger partial charge on any atom is -0.444 e. The number of hydrogen-bond acceptors (Lipinski definition) is 4. The molecule has 1 aromatic rings. The van der Waals surface area contributed by atoms with Gasteiger partial charge >= 0.3 is 6.09 Å². The quantitative estimate of drug-likeness (QED) is 0.832. The van der Waals surface area contributed by atoms with E-state index in [1.54, 1.807) is 4.90 Å². The highest BCUT2D eigenvalue weighted by molar-refractivity contribution is 5.69. The number of fused-ring (bicyclic) bond motifs is 1. The summed E-state index contributed by atoms with van der Waals surface area (Å²) in [5.41, 5.74) is 2.66. The molecule has 0 spiro atoms. The monoisotopic (exact) mass is 277 g/mol. The Morgan fingerprint density at radius 1 is 1.35 bits per heavy atom. The smallest absolute Gasteiger partial charge is 0.410 e. The lowest BCUT2D eigenvalue weighted by atomic mass is 10.2. The Hall–Kier alpha value is -1.62. The molecule has 0 saturated carbocycles. The summed E-state index contributed by atoms with van der Waals surface area (Å²) in [7, 11) is 4.03. The van der Waals surface area contributed by atoms with Gasteiger partial charge < -0.3 is 9.64 Å². The van der Waals surface area contributed by atoms with Gasteiger partial charge in [-0.1, -0.05) is 6.07 Å². The van der Waals surface area contributed by atoms with Gasteiger partial charge in [-0.3, -0.25) is 9.88 Å². The SMILES string of the molecule is CN(C)Cc1ccc2c(n1)CN(C(=O)OC(C)(C)C)C2. The molecule has 0 atom stereocenters. The van der Waals surface area contributed by atoms with Crippen molar-refractivity contribution in [2.75, 3.05) is 14.1 Å². The second-order valence-corrected chi connectivity index (χ2v) is 6.48. The Balaban J connectivity index is 2.05. The number of pyridine rings is 1. The van der Waals surface area contributed by atoms with Gasteiger partial charge in [0.05, 0.1) is 24.5 Å². The molecule has 110 valence electrons. The van der Waals surface area contributed by atoms with Crippen molar-refractivity contribution in [2.24, 2.45) is 0 Å². The van der Waals surface area contributed by atoms with Crippen LogP contribution in [0.2, 0.25) is 0 Å². The molecule has 0 N–H and O–H groups in total. The summed E-state index contributed by atoms with van der Waals surface area (Å²) in [4.78, 5) is 20.5. The number of amides is 1. The van der Waals surface area contributed by atoms with E-state index in [1.807, 2.05) is 40.9 Å². The lowest BCUT2D eigenvalue weighted by molar-refractivity contribution is 0.0240. The van der Waals surface area contributed by atoms with Crippen LogP contribution in [0.3, 0.4) is 0 Å². The first-order valence-electron chi connectivity index (χ1n) is 6.85. The van der Waals surface area contributed by atoms with Crippen LogP contribution in [-0.4, -0.2) is 40.6 Å². The molecule has 0 saturated heterocycles. The van der Waals surface area contributed by atoms with Crippen molar-refractivity contribution in [3.8, 4) is 0 Å². The van der Waals surface area contributed by atoms with Crippen LogP contribution in [0.1, 0.15) is 37.7 Å². The normalized spacial score (nSPS) is 14.6. The van der Waals surface area contributed by atoms with Crippen LogP contribution in [-0.2, 0) is 24.4 Å². The summed E-state index contributed by atoms with van der Waals surface area (Å²) in [6.45, 7) is 7.55. The number of nitrogens with zero attached hydrogens (tertiary/aromatic N) is 3. The molecule has 5 heteroatoms. The number of carbonyl (C=O) groups is 1. The summed E-state index contributed by atoms with van der Waals surface area (Å²) in [6, 6.07) is 4.09. The van der Waals surface area contributed by atoms with Crippen molar-refractivity contribution in [1.82, 2.24) is 14.8 Å². The van der Waals surface area contributed by atoms with E-state index in [0.717, 1.165) is 23.5 Å². The molecule has 0 aromatic carbocycles. The first-order chi connectivity index (χ1) is 9.24. The van der Waals surface area contributed by atoms with E-state index in [1.165, 1.54) is 0 Å². The number of rotatable bonds is 2. The predicted molar refractivity (Wildman–Crippen MR) is 77.1 cm³/mol. The van der Waals surface area contributed by atoms with Gasteiger partial charge in [0.25, 0.3) is 0 Å². The summed E-state index contributed by atoms with van der Waals surface area (Å²) in [5, 5.41) is 0. The molecule has 20 heavy (non-hydrogen) atoms. The topological polar surface area (TPSA) is 45.7 Å². The van der Waals surface area contributed by atoms with Crippen molar-refractivity contribution >= 4 is 6.09 Å². The van der Waals surface area contributed by atoms with Crippen LogP contribution >= 0.6 is 0 Å². The molecule has 2 rings (SSSR count). The van der Waals surface area contributed by atoms with E-state index in [-0.39, 0.29) is 6.09 Å². The Morgan fingerprint density at radius 3 is 2.65 bits per heavy atom. The summed E-state index contributed by atoms with van der Waals surface area (Å²) < 4.78 is 5.40. The minimum atomic E-state index is -0.463. The molecule has 1 aliphatic heterocycles. The molecule has 0 fully saturated rings. The van der Waals surface area contributed by atoms with Crippen molar-refractivity contribution in [2.45, 2.75) is 46.0 Å². The van der Waals surface area contributed by atoms with Gasteiger partial charge in [0, 0.05) is 6.54 Å². The van der Waals surface area contributed by atoms with Gasteiger partial charge in [-0.2, -0.15) is 0 Å². The lowest BCUT2D eigenvalue weighted by Gasteiger charge is -2.23. The van der Waals surface area contributed by atoms with Crippen LogP contribution in [0.25, 0.3) is 0 Å². The van der Waals surface area contributed by atoms with Gasteiger partial charge in [-0.25, -0.2) is 4.79 Å². The van der Waals surface area contributed by atoms with Crippen LogP contribution in [0.5, 0.6) is 0 Å². The molecule has 0 bridgehead atoms. The van der Waals surface area contributed by atoms with E-state index in [9.17, 15) is 4.79 Å². The highest BCUT2D eigenvalue weighted by Crippen LogP contribution is 2.23. The van der Waals surface area contributed by atoms with Gasteiger partial charge in [0.1, 0.15) is 5.60 Å². The van der Waals surface area contributed by atoms with Gasteiger partial charge in [-0.15, -0.1) is 0 Å². The average Bonchev–Trinajstić information content (AvgIpc) is 2.68. The fourth-order valence-electron chi connectivity index (χ4n) is 2.17. The number of aromatic nitrogens is 1. The first-order valence-corrected chi connectivity index (χ1v) is 6.85. The van der Waals surface area contributed by atoms with Gasteiger partial charge in [-0.05, 0) is 46.5 Å². The molecule has 2 heterocycles. The molecular weight excluding hydrogens is 254 g/mol. The lowest BCUT2D eigenvalue weighted by Crippen LogP contribution is -2.33. The zero-order valence-electron chi connectivity index (χ0n) is 12.9. The maximum atomic E-state index is 12.1. The van der Waals surface area contributed by atoms with Crippen LogP contribution in [0, 0.1) is 0 Å². The average molecular weight is 277 g/mol. The molecule has 5 nitrogen and oxygen atoms in total. The van der Waals surface area contributed by atoms with Gasteiger partial charge in [0.2, 0.25) is 0 Å². The summed E-state index contributed by atoms with van der Waals surface area (Å²) >= 11 is 0. The van der Waals surface area contributed by atoms with Crippen molar-refractivity contribution in [3.63, 3.8) is 0 Å². The summed E-state index contributed by atoms with van der Waals surface area (Å²) in [6.07, 6.45) is -0.273. The number of ether oxygens (including phenoxy) is 1. The fourth-order valence-corrected chi connectivity index (χ4v) is 2.17. The third-order valence-electron chi connectivity index (χ3n) is 2.96. The van der Waals surface area contributed by atoms with E-state index in [0.29, 0.717) is 13.1 Å². The second kappa shape index (κ2) is 5.40. The minimum absolute atomic E-state index is 0.273. The highest BCUT2D eigenvalue weighted by atomic mass is 16.6. The molecule has 0 unspecified atom stereocenters. The van der Waals surface area contributed by atoms with E-state index < -0.39 is 5.60 Å². The third-order valence-corrected chi connectivity index (χ3v) is 2.96. The van der Waals surface area contributed by atoms with Crippen molar-refractivity contribution in [1.29, 1.82) is 0 Å². The van der Waals surface area contributed by atoms with Crippen molar-refractivity contribution in [3.05, 3.63) is 29.1 Å². The third kappa shape index (κ3) is 3.70. The second-order valence-electron chi connectivity index (χ2n) is 6.48. The maximum absolute atomic E-state index is 12.1. The summed E-state index contributed by atoms with van der Waals surface area (Å²) in [5.74, 6) is 0. The number of hydrogen-bond donors (Lipinski definition) is 0. The van der Waals surface area contributed by atoms with Crippen LogP contribution in [0.4, 0.5) is 4.79 Å². The predicted octanol–water partition coefficient (Wildman–Crippen LogP) is 2.39. The Labute approximate surface area is 120 Å². The Kier molecular flexibility index (Phi) is 3.99. The molecule has 0 aliphatic carbocycles. The van der Waals surface area contributed by atoms with Crippen LogP contribution < -0.4 is 0 Å². The highest BCUT2D eigenvalue weighted by Gasteiger charge is 2.28. The molecular formula is C15H23N3O2. The standard InChI is InChI=1S/C15H23N3O2/c1-15(2,3)20-14(19)18-8-11-6-7-12(9-17(4)5)16-13(11)10-18/h6-7H,8-10H2,1-5H3.